The van der Waals surface area contributed by atoms with Gasteiger partial charge >= 0.3 is 0 Å². The first-order valence-corrected chi connectivity index (χ1v) is 11.0. The summed E-state index contributed by atoms with van der Waals surface area (Å²) < 4.78 is 5.58. The van der Waals surface area contributed by atoms with E-state index in [1.807, 2.05) is 61.5 Å². The van der Waals surface area contributed by atoms with Gasteiger partial charge in [0.2, 0.25) is 0 Å². The van der Waals surface area contributed by atoms with E-state index in [9.17, 15) is 0 Å². The Morgan fingerprint density at radius 1 is 0.903 bits per heavy atom. The molecule has 156 valence electrons. The fourth-order valence-corrected chi connectivity index (χ4v) is 3.91. The lowest BCUT2D eigenvalue weighted by molar-refractivity contribution is 0.370. The number of halogens is 2. The van der Waals surface area contributed by atoms with Crippen molar-refractivity contribution >= 4 is 28.9 Å². The van der Waals surface area contributed by atoms with Crippen LogP contribution in [0.3, 0.4) is 0 Å². The van der Waals surface area contributed by atoms with Gasteiger partial charge in [-0.2, -0.15) is 0 Å². The fourth-order valence-electron chi connectivity index (χ4n) is 3.48. The van der Waals surface area contributed by atoms with Crippen LogP contribution in [0.1, 0.15) is 41.1 Å². The Balaban J connectivity index is 1.85. The van der Waals surface area contributed by atoms with Crippen LogP contribution in [0.25, 0.3) is 0 Å². The van der Waals surface area contributed by atoms with Crippen LogP contribution in [0.5, 0.6) is 0 Å². The monoisotopic (exact) mass is 448 g/mol. The van der Waals surface area contributed by atoms with E-state index in [0.717, 1.165) is 40.3 Å². The zero-order valence-corrected chi connectivity index (χ0v) is 18.6. The van der Waals surface area contributed by atoms with E-state index in [0.29, 0.717) is 16.5 Å². The van der Waals surface area contributed by atoms with Gasteiger partial charge in [-0.1, -0.05) is 108 Å². The number of aryl methyl sites for hydroxylation is 1. The standard InChI is InChI=1S/C26H22Cl2N2O/c1-2-20-16-21(31-30-20)17-24(22-14-9-15-23(27)25(22)28)29-26(18-10-5-3-6-11-18)19-12-7-4-8-13-19/h3-16,24H,2,17H2,1H3. The van der Waals surface area contributed by atoms with Gasteiger partial charge in [0.1, 0.15) is 5.76 Å². The van der Waals surface area contributed by atoms with Gasteiger partial charge in [0.25, 0.3) is 0 Å². The van der Waals surface area contributed by atoms with Crippen LogP contribution in [-0.2, 0) is 12.8 Å². The molecule has 0 aliphatic carbocycles. The molecule has 3 aromatic carbocycles. The third-order valence-corrected chi connectivity index (χ3v) is 5.92. The van der Waals surface area contributed by atoms with E-state index >= 15 is 0 Å². The molecule has 0 aliphatic rings. The molecule has 1 unspecified atom stereocenters. The van der Waals surface area contributed by atoms with E-state index < -0.39 is 0 Å². The van der Waals surface area contributed by atoms with E-state index in [-0.39, 0.29) is 6.04 Å². The van der Waals surface area contributed by atoms with Crippen LogP contribution < -0.4 is 0 Å². The van der Waals surface area contributed by atoms with Gasteiger partial charge in [0, 0.05) is 23.6 Å². The highest BCUT2D eigenvalue weighted by Crippen LogP contribution is 2.34. The Morgan fingerprint density at radius 2 is 1.55 bits per heavy atom. The highest BCUT2D eigenvalue weighted by Gasteiger charge is 2.20. The predicted molar refractivity (Wildman–Crippen MR) is 127 cm³/mol. The second-order valence-corrected chi connectivity index (χ2v) is 8.00. The molecule has 0 radical (unpaired) electrons. The normalized spacial score (nSPS) is 11.8. The number of benzene rings is 3. The smallest absolute Gasteiger partial charge is 0.139 e. The van der Waals surface area contributed by atoms with Crippen molar-refractivity contribution < 1.29 is 4.52 Å². The lowest BCUT2D eigenvalue weighted by Gasteiger charge is -2.17. The summed E-state index contributed by atoms with van der Waals surface area (Å²) in [5, 5.41) is 5.15. The van der Waals surface area contributed by atoms with Crippen LogP contribution in [0.4, 0.5) is 0 Å². The van der Waals surface area contributed by atoms with E-state index in [2.05, 4.69) is 29.4 Å². The molecule has 5 heteroatoms. The van der Waals surface area contributed by atoms with Crippen molar-refractivity contribution in [3.63, 3.8) is 0 Å². The Hall–Kier alpha value is -2.88. The van der Waals surface area contributed by atoms with Crippen molar-refractivity contribution in [3.8, 4) is 0 Å². The Labute approximate surface area is 192 Å². The Bertz CT molecular complexity index is 1130. The number of rotatable bonds is 7. The van der Waals surface area contributed by atoms with Gasteiger partial charge in [0.15, 0.2) is 0 Å². The van der Waals surface area contributed by atoms with Gasteiger partial charge in [-0.05, 0) is 18.1 Å². The summed E-state index contributed by atoms with van der Waals surface area (Å²) in [6.07, 6.45) is 1.34. The molecule has 0 fully saturated rings. The van der Waals surface area contributed by atoms with E-state index in [4.69, 9.17) is 32.7 Å². The van der Waals surface area contributed by atoms with Gasteiger partial charge < -0.3 is 4.52 Å². The molecule has 1 aromatic heterocycles. The van der Waals surface area contributed by atoms with Crippen LogP contribution in [0.15, 0.2) is 94.4 Å². The van der Waals surface area contributed by atoms with E-state index in [1.165, 1.54) is 0 Å². The van der Waals surface area contributed by atoms with Gasteiger partial charge in [0.05, 0.1) is 27.5 Å². The van der Waals surface area contributed by atoms with Crippen molar-refractivity contribution in [2.75, 3.05) is 0 Å². The molecule has 0 spiro atoms. The maximum Gasteiger partial charge on any atom is 0.139 e. The third-order valence-electron chi connectivity index (χ3n) is 5.08. The molecule has 4 rings (SSSR count). The van der Waals surface area contributed by atoms with Crippen molar-refractivity contribution in [3.05, 3.63) is 123 Å². The average molecular weight is 449 g/mol. The SMILES string of the molecule is CCc1cc(CC(N=C(c2ccccc2)c2ccccc2)c2cccc(Cl)c2Cl)on1. The van der Waals surface area contributed by atoms with Crippen LogP contribution in [-0.4, -0.2) is 10.9 Å². The average Bonchev–Trinajstić information content (AvgIpc) is 3.27. The molecule has 4 aromatic rings. The molecular formula is C26H22Cl2N2O. The Kier molecular flexibility index (Phi) is 6.86. The van der Waals surface area contributed by atoms with Crippen molar-refractivity contribution in [1.82, 2.24) is 5.16 Å². The molecule has 0 aliphatic heterocycles. The topological polar surface area (TPSA) is 38.4 Å². The number of aromatic nitrogens is 1. The molecular weight excluding hydrogens is 427 g/mol. The Morgan fingerprint density at radius 3 is 2.13 bits per heavy atom. The molecule has 1 atom stereocenters. The highest BCUT2D eigenvalue weighted by atomic mass is 35.5. The zero-order valence-electron chi connectivity index (χ0n) is 17.1. The van der Waals surface area contributed by atoms with Gasteiger partial charge in [-0.25, -0.2) is 0 Å². The summed E-state index contributed by atoms with van der Waals surface area (Å²) in [5.74, 6) is 0.766. The maximum absolute atomic E-state index is 6.61. The number of aliphatic imine (C=N–C) groups is 1. The summed E-state index contributed by atoms with van der Waals surface area (Å²) in [6, 6.07) is 27.6. The number of hydrogen-bond acceptors (Lipinski definition) is 3. The lowest BCUT2D eigenvalue weighted by Crippen LogP contribution is -2.09. The molecule has 0 N–H and O–H groups in total. The van der Waals surface area contributed by atoms with Crippen molar-refractivity contribution in [1.29, 1.82) is 0 Å². The summed E-state index contributed by atoms with van der Waals surface area (Å²) in [6.45, 7) is 2.05. The molecule has 0 amide bonds. The van der Waals surface area contributed by atoms with Gasteiger partial charge in [-0.3, -0.25) is 4.99 Å². The summed E-state index contributed by atoms with van der Waals surface area (Å²) >= 11 is 13.0. The molecule has 0 saturated heterocycles. The third kappa shape index (κ3) is 5.07. The van der Waals surface area contributed by atoms with Crippen molar-refractivity contribution in [2.24, 2.45) is 4.99 Å². The quantitative estimate of drug-likeness (QED) is 0.276. The van der Waals surface area contributed by atoms with Crippen LogP contribution in [0, 0.1) is 0 Å². The molecule has 1 heterocycles. The number of nitrogens with zero attached hydrogens (tertiary/aromatic N) is 2. The van der Waals surface area contributed by atoms with E-state index in [1.54, 1.807) is 6.07 Å². The van der Waals surface area contributed by atoms with Crippen LogP contribution in [0.2, 0.25) is 10.0 Å². The first-order chi connectivity index (χ1) is 15.2. The number of hydrogen-bond donors (Lipinski definition) is 0. The summed E-state index contributed by atoms with van der Waals surface area (Å²) in [7, 11) is 0. The fraction of sp³-hybridized carbons (Fsp3) is 0.154. The minimum Gasteiger partial charge on any atom is -0.361 e. The van der Waals surface area contributed by atoms with Crippen LogP contribution >= 0.6 is 23.2 Å². The molecule has 0 bridgehead atoms. The maximum atomic E-state index is 6.61. The van der Waals surface area contributed by atoms with Crippen molar-refractivity contribution in [2.45, 2.75) is 25.8 Å². The minimum absolute atomic E-state index is 0.292. The first kappa shape index (κ1) is 21.4. The second kappa shape index (κ2) is 9.95. The highest BCUT2D eigenvalue weighted by molar-refractivity contribution is 6.42. The molecule has 31 heavy (non-hydrogen) atoms. The lowest BCUT2D eigenvalue weighted by atomic mass is 9.98. The predicted octanol–water partition coefficient (Wildman–Crippen LogP) is 7.37. The molecule has 0 saturated carbocycles. The summed E-state index contributed by atoms with van der Waals surface area (Å²) in [5.41, 5.74) is 4.72. The summed E-state index contributed by atoms with van der Waals surface area (Å²) in [4.78, 5) is 5.20. The minimum atomic E-state index is -0.292. The first-order valence-electron chi connectivity index (χ1n) is 10.2. The van der Waals surface area contributed by atoms with Gasteiger partial charge in [-0.15, -0.1) is 0 Å². The second-order valence-electron chi connectivity index (χ2n) is 7.21. The zero-order chi connectivity index (χ0) is 21.6. The largest absolute Gasteiger partial charge is 0.361 e. The molecule has 3 nitrogen and oxygen atoms in total.